The monoisotopic (exact) mass is 235 g/mol. The number of hydrogen-bond acceptors (Lipinski definition) is 3. The SMILES string of the molecule is CN(C)c1ccc(C2(C(=O)O)CC(O)C2)cc1. The first-order valence-corrected chi connectivity index (χ1v) is 5.65. The summed E-state index contributed by atoms with van der Waals surface area (Å²) in [4.78, 5) is 13.3. The second kappa shape index (κ2) is 4.04. The van der Waals surface area contributed by atoms with Crippen molar-refractivity contribution < 1.29 is 15.0 Å². The summed E-state index contributed by atoms with van der Waals surface area (Å²) in [6, 6.07) is 7.50. The van der Waals surface area contributed by atoms with Gasteiger partial charge in [-0.15, -0.1) is 0 Å². The summed E-state index contributed by atoms with van der Waals surface area (Å²) in [5, 5.41) is 18.7. The Morgan fingerprint density at radius 2 is 1.82 bits per heavy atom. The molecule has 2 N–H and O–H groups in total. The predicted molar refractivity (Wildman–Crippen MR) is 65.3 cm³/mol. The van der Waals surface area contributed by atoms with E-state index in [1.807, 2.05) is 43.3 Å². The van der Waals surface area contributed by atoms with E-state index < -0.39 is 17.5 Å². The fraction of sp³-hybridized carbons (Fsp3) is 0.462. The number of aliphatic carboxylic acids is 1. The van der Waals surface area contributed by atoms with Gasteiger partial charge in [0.2, 0.25) is 0 Å². The highest BCUT2D eigenvalue weighted by atomic mass is 16.4. The maximum atomic E-state index is 11.3. The Labute approximate surface area is 100 Å². The van der Waals surface area contributed by atoms with Crippen molar-refractivity contribution in [2.45, 2.75) is 24.4 Å². The Bertz CT molecular complexity index is 419. The minimum Gasteiger partial charge on any atom is -0.481 e. The summed E-state index contributed by atoms with van der Waals surface area (Å²) in [7, 11) is 3.88. The quantitative estimate of drug-likeness (QED) is 0.827. The molecule has 4 heteroatoms. The van der Waals surface area contributed by atoms with E-state index in [4.69, 9.17) is 0 Å². The third-order valence-electron chi connectivity index (χ3n) is 3.51. The maximum Gasteiger partial charge on any atom is 0.314 e. The number of carbonyl (C=O) groups is 1. The summed E-state index contributed by atoms with van der Waals surface area (Å²) in [5.74, 6) is -0.847. The van der Waals surface area contributed by atoms with Crippen molar-refractivity contribution >= 4 is 11.7 Å². The lowest BCUT2D eigenvalue weighted by Gasteiger charge is -2.42. The van der Waals surface area contributed by atoms with Crippen LogP contribution in [0.3, 0.4) is 0 Å². The molecule has 0 heterocycles. The topological polar surface area (TPSA) is 60.8 Å². The zero-order valence-electron chi connectivity index (χ0n) is 10.1. The lowest BCUT2D eigenvalue weighted by molar-refractivity contribution is -0.152. The molecule has 17 heavy (non-hydrogen) atoms. The number of rotatable bonds is 3. The van der Waals surface area contributed by atoms with Crippen LogP contribution in [-0.2, 0) is 10.2 Å². The van der Waals surface area contributed by atoms with Crippen LogP contribution in [0, 0.1) is 0 Å². The molecule has 1 fully saturated rings. The molecule has 0 atom stereocenters. The second-order valence-electron chi connectivity index (χ2n) is 4.89. The number of hydrogen-bond donors (Lipinski definition) is 2. The van der Waals surface area contributed by atoms with Gasteiger partial charge in [0.25, 0.3) is 0 Å². The smallest absolute Gasteiger partial charge is 0.314 e. The number of benzene rings is 1. The summed E-state index contributed by atoms with van der Waals surface area (Å²) in [6.45, 7) is 0. The summed E-state index contributed by atoms with van der Waals surface area (Å²) in [6.07, 6.45) is 0.132. The molecule has 1 aromatic carbocycles. The first-order valence-electron chi connectivity index (χ1n) is 5.65. The van der Waals surface area contributed by atoms with Gasteiger partial charge >= 0.3 is 5.97 Å². The Kier molecular flexibility index (Phi) is 2.83. The van der Waals surface area contributed by atoms with Crippen molar-refractivity contribution in [1.29, 1.82) is 0 Å². The first kappa shape index (κ1) is 11.9. The van der Waals surface area contributed by atoms with Gasteiger partial charge in [-0.3, -0.25) is 4.79 Å². The Morgan fingerprint density at radius 3 is 2.18 bits per heavy atom. The molecule has 0 bridgehead atoms. The van der Waals surface area contributed by atoms with Gasteiger partial charge in [-0.05, 0) is 30.5 Å². The molecule has 1 aliphatic carbocycles. The largest absolute Gasteiger partial charge is 0.481 e. The average Bonchev–Trinajstić information content (AvgIpc) is 2.24. The van der Waals surface area contributed by atoms with E-state index in [1.165, 1.54) is 0 Å². The van der Waals surface area contributed by atoms with Crippen molar-refractivity contribution in [1.82, 2.24) is 0 Å². The average molecular weight is 235 g/mol. The zero-order chi connectivity index (χ0) is 12.6. The van der Waals surface area contributed by atoms with Crippen LogP contribution in [0.5, 0.6) is 0 Å². The second-order valence-corrected chi connectivity index (χ2v) is 4.89. The predicted octanol–water partition coefficient (Wildman–Crippen LogP) is 1.23. The number of aliphatic hydroxyl groups is 1. The normalized spacial score (nSPS) is 27.4. The van der Waals surface area contributed by atoms with E-state index in [1.54, 1.807) is 0 Å². The highest BCUT2D eigenvalue weighted by Crippen LogP contribution is 2.44. The van der Waals surface area contributed by atoms with E-state index >= 15 is 0 Å². The van der Waals surface area contributed by atoms with Gasteiger partial charge in [0.15, 0.2) is 0 Å². The van der Waals surface area contributed by atoms with Gasteiger partial charge in [0.1, 0.15) is 0 Å². The molecule has 2 rings (SSSR count). The van der Waals surface area contributed by atoms with Gasteiger partial charge in [0, 0.05) is 19.8 Å². The molecule has 0 aliphatic heterocycles. The molecule has 1 saturated carbocycles. The minimum absolute atomic E-state index is 0.309. The maximum absolute atomic E-state index is 11.3. The fourth-order valence-electron chi connectivity index (χ4n) is 2.36. The molecule has 0 aromatic heterocycles. The van der Waals surface area contributed by atoms with E-state index in [0.717, 1.165) is 11.3 Å². The van der Waals surface area contributed by atoms with Gasteiger partial charge in [-0.1, -0.05) is 12.1 Å². The highest BCUT2D eigenvalue weighted by molar-refractivity contribution is 5.83. The number of aliphatic hydroxyl groups excluding tert-OH is 1. The number of anilines is 1. The Morgan fingerprint density at radius 1 is 1.29 bits per heavy atom. The van der Waals surface area contributed by atoms with Crippen LogP contribution in [0.4, 0.5) is 5.69 Å². The molecular weight excluding hydrogens is 218 g/mol. The fourth-order valence-corrected chi connectivity index (χ4v) is 2.36. The van der Waals surface area contributed by atoms with Gasteiger partial charge in [0.05, 0.1) is 11.5 Å². The molecule has 4 nitrogen and oxygen atoms in total. The molecule has 0 unspecified atom stereocenters. The molecule has 0 radical (unpaired) electrons. The summed E-state index contributed by atoms with van der Waals surface area (Å²) >= 11 is 0. The molecule has 0 spiro atoms. The van der Waals surface area contributed by atoms with Crippen molar-refractivity contribution in [2.24, 2.45) is 0 Å². The summed E-state index contributed by atoms with van der Waals surface area (Å²) < 4.78 is 0. The number of carboxylic acid groups (broad SMARTS) is 1. The van der Waals surface area contributed by atoms with Crippen molar-refractivity contribution in [3.8, 4) is 0 Å². The minimum atomic E-state index is -0.885. The van der Waals surface area contributed by atoms with Crippen LogP contribution < -0.4 is 4.90 Å². The molecule has 1 aliphatic rings. The third-order valence-corrected chi connectivity index (χ3v) is 3.51. The van der Waals surface area contributed by atoms with Crippen LogP contribution in [0.15, 0.2) is 24.3 Å². The Hall–Kier alpha value is -1.55. The zero-order valence-corrected chi connectivity index (χ0v) is 10.1. The summed E-state index contributed by atoms with van der Waals surface area (Å²) in [5.41, 5.74) is 0.930. The van der Waals surface area contributed by atoms with E-state index in [-0.39, 0.29) is 0 Å². The van der Waals surface area contributed by atoms with Crippen LogP contribution in [0.2, 0.25) is 0 Å². The van der Waals surface area contributed by atoms with Gasteiger partial charge < -0.3 is 15.1 Å². The molecule has 0 saturated heterocycles. The van der Waals surface area contributed by atoms with E-state index in [9.17, 15) is 15.0 Å². The van der Waals surface area contributed by atoms with Crippen LogP contribution in [-0.4, -0.2) is 36.4 Å². The van der Waals surface area contributed by atoms with Gasteiger partial charge in [-0.2, -0.15) is 0 Å². The molecular formula is C13H17NO3. The third kappa shape index (κ3) is 1.89. The van der Waals surface area contributed by atoms with E-state index in [0.29, 0.717) is 12.8 Å². The molecule has 1 aromatic rings. The van der Waals surface area contributed by atoms with E-state index in [2.05, 4.69) is 0 Å². The standard InChI is InChI=1S/C13H17NO3/c1-14(2)10-5-3-9(4-6-10)13(12(16)17)7-11(15)8-13/h3-6,11,15H,7-8H2,1-2H3,(H,16,17). The van der Waals surface area contributed by atoms with Crippen LogP contribution in [0.25, 0.3) is 0 Å². The van der Waals surface area contributed by atoms with Crippen molar-refractivity contribution in [2.75, 3.05) is 19.0 Å². The lowest BCUT2D eigenvalue weighted by atomic mass is 9.63. The van der Waals surface area contributed by atoms with Crippen LogP contribution >= 0.6 is 0 Å². The highest BCUT2D eigenvalue weighted by Gasteiger charge is 2.51. The van der Waals surface area contributed by atoms with Gasteiger partial charge in [-0.25, -0.2) is 0 Å². The number of nitrogens with zero attached hydrogens (tertiary/aromatic N) is 1. The number of carboxylic acids is 1. The lowest BCUT2D eigenvalue weighted by Crippen LogP contribution is -2.50. The molecule has 0 amide bonds. The van der Waals surface area contributed by atoms with Crippen molar-refractivity contribution in [3.63, 3.8) is 0 Å². The van der Waals surface area contributed by atoms with Crippen LogP contribution in [0.1, 0.15) is 18.4 Å². The molecule has 92 valence electrons. The first-order chi connectivity index (χ1) is 7.95. The van der Waals surface area contributed by atoms with Crippen molar-refractivity contribution in [3.05, 3.63) is 29.8 Å². The Balaban J connectivity index is 2.29.